The molecule has 4 heteroatoms. The van der Waals surface area contributed by atoms with Crippen molar-refractivity contribution in [2.24, 2.45) is 5.92 Å². The summed E-state index contributed by atoms with van der Waals surface area (Å²) in [5.41, 5.74) is 2.13. The fraction of sp³-hybridized carbons (Fsp3) is 0.222. The number of anilines is 1. The maximum Gasteiger partial charge on any atom is 0.395 e. The van der Waals surface area contributed by atoms with Crippen LogP contribution in [-0.2, 0) is 6.42 Å². The Morgan fingerprint density at radius 3 is 2.36 bits per heavy atom. The Morgan fingerprint density at radius 2 is 1.64 bits per heavy atom. The molecule has 2 aromatic carbocycles. The smallest absolute Gasteiger partial charge is 0.371 e. The van der Waals surface area contributed by atoms with E-state index in [-0.39, 0.29) is 6.42 Å². The Morgan fingerprint density at radius 1 is 0.955 bits per heavy atom. The van der Waals surface area contributed by atoms with Gasteiger partial charge in [0.15, 0.2) is 0 Å². The third kappa shape index (κ3) is 3.09. The summed E-state index contributed by atoms with van der Waals surface area (Å²) in [6.45, 7) is 0. The zero-order valence-electron chi connectivity index (χ0n) is 11.7. The number of nitrogens with one attached hydrogen (secondary N) is 1. The second kappa shape index (κ2) is 5.76. The predicted molar refractivity (Wildman–Crippen MR) is 80.4 cm³/mol. The molecule has 0 radical (unpaired) electrons. The molecule has 3 rings (SSSR count). The molecule has 1 nitrogen and oxygen atoms in total. The lowest BCUT2D eigenvalue weighted by atomic mass is 9.87. The van der Waals surface area contributed by atoms with Crippen LogP contribution in [0.2, 0.25) is 0 Å². The fourth-order valence-corrected chi connectivity index (χ4v) is 2.59. The van der Waals surface area contributed by atoms with Crippen LogP contribution < -0.4 is 5.32 Å². The van der Waals surface area contributed by atoms with E-state index in [4.69, 9.17) is 0 Å². The molecule has 2 atom stereocenters. The van der Waals surface area contributed by atoms with Gasteiger partial charge in [-0.3, -0.25) is 0 Å². The van der Waals surface area contributed by atoms with Gasteiger partial charge in [-0.15, -0.1) is 0 Å². The van der Waals surface area contributed by atoms with E-state index in [0.29, 0.717) is 11.1 Å². The van der Waals surface area contributed by atoms with Gasteiger partial charge in [0, 0.05) is 11.3 Å². The standard InChI is InChI=1S/C18H14F3N/c19-18(20,21)15-12-14-8-4-5-9-16(14)22-17(15)11-10-13-6-2-1-3-7-13/h1-9,15,17,22H,12H2/t15-,17-/m0/s1. The monoisotopic (exact) mass is 301 g/mol. The van der Waals surface area contributed by atoms with Crippen molar-refractivity contribution < 1.29 is 13.2 Å². The van der Waals surface area contributed by atoms with Gasteiger partial charge in [-0.1, -0.05) is 48.2 Å². The number of benzene rings is 2. The van der Waals surface area contributed by atoms with E-state index in [1.165, 1.54) is 0 Å². The largest absolute Gasteiger partial charge is 0.395 e. The molecule has 1 heterocycles. The summed E-state index contributed by atoms with van der Waals surface area (Å²) in [5.74, 6) is 4.09. The van der Waals surface area contributed by atoms with Gasteiger partial charge >= 0.3 is 6.18 Å². The first-order chi connectivity index (χ1) is 10.5. The topological polar surface area (TPSA) is 12.0 Å². The first kappa shape index (κ1) is 14.5. The summed E-state index contributed by atoms with van der Waals surface area (Å²) in [5, 5.41) is 2.93. The predicted octanol–water partition coefficient (Wildman–Crippen LogP) is 4.25. The van der Waals surface area contributed by atoms with Crippen LogP contribution in [0.3, 0.4) is 0 Å². The highest BCUT2D eigenvalue weighted by atomic mass is 19.4. The molecule has 0 fully saturated rings. The Bertz CT molecular complexity index is 710. The molecule has 0 saturated carbocycles. The van der Waals surface area contributed by atoms with Crippen LogP contribution in [0.5, 0.6) is 0 Å². The van der Waals surface area contributed by atoms with E-state index in [2.05, 4.69) is 17.2 Å². The minimum atomic E-state index is -4.28. The number of alkyl halides is 3. The zero-order chi connectivity index (χ0) is 15.6. The number of para-hydroxylation sites is 1. The van der Waals surface area contributed by atoms with Gasteiger partial charge in [0.2, 0.25) is 0 Å². The Labute approximate surface area is 127 Å². The van der Waals surface area contributed by atoms with E-state index in [1.807, 2.05) is 18.2 Å². The highest BCUT2D eigenvalue weighted by Crippen LogP contribution is 2.38. The van der Waals surface area contributed by atoms with Crippen molar-refractivity contribution in [2.75, 3.05) is 5.32 Å². The van der Waals surface area contributed by atoms with Crippen molar-refractivity contribution in [2.45, 2.75) is 18.6 Å². The second-order valence-electron chi connectivity index (χ2n) is 5.27. The number of hydrogen-bond donors (Lipinski definition) is 1. The number of rotatable bonds is 0. The number of fused-ring (bicyclic) bond motifs is 1. The van der Waals surface area contributed by atoms with Gasteiger partial charge < -0.3 is 5.32 Å². The van der Waals surface area contributed by atoms with Gasteiger partial charge in [0.05, 0.1) is 12.0 Å². The first-order valence-corrected chi connectivity index (χ1v) is 7.02. The quantitative estimate of drug-likeness (QED) is 0.717. The summed E-state index contributed by atoms with van der Waals surface area (Å²) < 4.78 is 39.9. The maximum atomic E-state index is 13.3. The Balaban J connectivity index is 1.92. The van der Waals surface area contributed by atoms with Crippen LogP contribution in [0.15, 0.2) is 54.6 Å². The van der Waals surface area contributed by atoms with Crippen molar-refractivity contribution in [1.29, 1.82) is 0 Å². The van der Waals surface area contributed by atoms with Gasteiger partial charge in [-0.05, 0) is 30.2 Å². The highest BCUT2D eigenvalue weighted by molar-refractivity contribution is 5.56. The molecular weight excluding hydrogens is 287 g/mol. The lowest BCUT2D eigenvalue weighted by molar-refractivity contribution is -0.175. The third-order valence-corrected chi connectivity index (χ3v) is 3.74. The van der Waals surface area contributed by atoms with E-state index in [1.54, 1.807) is 36.4 Å². The lowest BCUT2D eigenvalue weighted by Crippen LogP contribution is -2.42. The normalized spacial score (nSPS) is 20.3. The molecule has 0 unspecified atom stereocenters. The van der Waals surface area contributed by atoms with Crippen LogP contribution in [0, 0.1) is 17.8 Å². The van der Waals surface area contributed by atoms with E-state index >= 15 is 0 Å². The summed E-state index contributed by atoms with van der Waals surface area (Å²) in [6, 6.07) is 15.2. The molecule has 1 N–H and O–H groups in total. The molecule has 1 aliphatic rings. The van der Waals surface area contributed by atoms with Crippen LogP contribution in [-0.4, -0.2) is 12.2 Å². The van der Waals surface area contributed by atoms with Crippen molar-refractivity contribution in [3.8, 4) is 11.8 Å². The average Bonchev–Trinajstić information content (AvgIpc) is 2.52. The second-order valence-corrected chi connectivity index (χ2v) is 5.27. The van der Waals surface area contributed by atoms with E-state index in [9.17, 15) is 13.2 Å². The van der Waals surface area contributed by atoms with E-state index < -0.39 is 18.1 Å². The van der Waals surface area contributed by atoms with Gasteiger partial charge in [-0.25, -0.2) is 0 Å². The van der Waals surface area contributed by atoms with Crippen LogP contribution in [0.4, 0.5) is 18.9 Å². The molecule has 0 bridgehead atoms. The molecular formula is C18H14F3N. The zero-order valence-corrected chi connectivity index (χ0v) is 11.7. The molecule has 0 aromatic heterocycles. The molecule has 0 saturated heterocycles. The molecule has 0 aliphatic carbocycles. The molecule has 0 spiro atoms. The molecule has 0 amide bonds. The maximum absolute atomic E-state index is 13.3. The van der Waals surface area contributed by atoms with Crippen LogP contribution in [0.25, 0.3) is 0 Å². The first-order valence-electron chi connectivity index (χ1n) is 7.02. The minimum Gasteiger partial charge on any atom is -0.371 e. The SMILES string of the molecule is FC(F)(F)[C@H]1Cc2ccccc2N[C@H]1C#Cc1ccccc1. The van der Waals surface area contributed by atoms with Crippen molar-refractivity contribution in [1.82, 2.24) is 0 Å². The van der Waals surface area contributed by atoms with Gasteiger partial charge in [0.25, 0.3) is 0 Å². The summed E-state index contributed by atoms with van der Waals surface area (Å²) in [4.78, 5) is 0. The third-order valence-electron chi connectivity index (χ3n) is 3.74. The molecule has 112 valence electrons. The number of halogens is 3. The van der Waals surface area contributed by atoms with Crippen LogP contribution >= 0.6 is 0 Å². The van der Waals surface area contributed by atoms with Crippen molar-refractivity contribution in [3.05, 3.63) is 65.7 Å². The fourth-order valence-electron chi connectivity index (χ4n) is 2.59. The van der Waals surface area contributed by atoms with Crippen LogP contribution in [0.1, 0.15) is 11.1 Å². The summed E-state index contributed by atoms with van der Waals surface area (Å²) in [6.07, 6.45) is -4.32. The molecule has 22 heavy (non-hydrogen) atoms. The number of hydrogen-bond acceptors (Lipinski definition) is 1. The van der Waals surface area contributed by atoms with Crippen molar-refractivity contribution in [3.63, 3.8) is 0 Å². The summed E-state index contributed by atoms with van der Waals surface area (Å²) in [7, 11) is 0. The summed E-state index contributed by atoms with van der Waals surface area (Å²) >= 11 is 0. The Hall–Kier alpha value is -2.41. The highest BCUT2D eigenvalue weighted by Gasteiger charge is 2.46. The van der Waals surface area contributed by atoms with Crippen molar-refractivity contribution >= 4 is 5.69 Å². The lowest BCUT2D eigenvalue weighted by Gasteiger charge is -2.32. The minimum absolute atomic E-state index is 0.0409. The molecule has 2 aromatic rings. The van der Waals surface area contributed by atoms with E-state index in [0.717, 1.165) is 5.69 Å². The Kier molecular flexibility index (Phi) is 3.81. The average molecular weight is 301 g/mol. The van der Waals surface area contributed by atoms with Gasteiger partial charge in [0.1, 0.15) is 0 Å². The van der Waals surface area contributed by atoms with Gasteiger partial charge in [-0.2, -0.15) is 13.2 Å². The molecule has 1 aliphatic heterocycles.